The zero-order valence-corrected chi connectivity index (χ0v) is 21.2. The highest BCUT2D eigenvalue weighted by atomic mass is 127. The molecule has 0 bridgehead atoms. The van der Waals surface area contributed by atoms with E-state index in [9.17, 15) is 4.79 Å². The maximum Gasteiger partial charge on any atom is 0.251 e. The number of benzene rings is 2. The molecule has 7 nitrogen and oxygen atoms in total. The molecule has 2 N–H and O–H groups in total. The lowest BCUT2D eigenvalue weighted by Crippen LogP contribution is -2.38. The molecule has 0 unspecified atom stereocenters. The van der Waals surface area contributed by atoms with Crippen LogP contribution >= 0.6 is 24.0 Å². The van der Waals surface area contributed by atoms with E-state index in [2.05, 4.69) is 15.5 Å². The van der Waals surface area contributed by atoms with Crippen molar-refractivity contribution < 1.29 is 14.3 Å². The molecular formula is C23H33IN4O3. The smallest absolute Gasteiger partial charge is 0.251 e. The van der Waals surface area contributed by atoms with Gasteiger partial charge < -0.3 is 25.0 Å². The lowest BCUT2D eigenvalue weighted by molar-refractivity contribution is 0.0963. The van der Waals surface area contributed by atoms with Crippen LogP contribution in [0.2, 0.25) is 0 Å². The van der Waals surface area contributed by atoms with Gasteiger partial charge in [-0.1, -0.05) is 12.1 Å². The van der Waals surface area contributed by atoms with Crippen molar-refractivity contribution in [2.45, 2.75) is 19.9 Å². The van der Waals surface area contributed by atoms with Gasteiger partial charge in [0.15, 0.2) is 5.96 Å². The molecule has 0 aliphatic rings. The first-order valence-corrected chi connectivity index (χ1v) is 10.0. The number of ether oxygens (including phenoxy) is 2. The van der Waals surface area contributed by atoms with Gasteiger partial charge in [0, 0.05) is 50.9 Å². The molecule has 0 saturated heterocycles. The molecule has 0 aliphatic carbocycles. The van der Waals surface area contributed by atoms with Crippen molar-refractivity contribution in [2.75, 3.05) is 41.4 Å². The minimum atomic E-state index is -0.0816. The summed E-state index contributed by atoms with van der Waals surface area (Å²) in [5, 5.41) is 5.99. The van der Waals surface area contributed by atoms with Crippen LogP contribution in [0.3, 0.4) is 0 Å². The van der Waals surface area contributed by atoms with E-state index < -0.39 is 0 Å². The van der Waals surface area contributed by atoms with E-state index in [1.807, 2.05) is 56.4 Å². The Labute approximate surface area is 202 Å². The van der Waals surface area contributed by atoms with Gasteiger partial charge in [-0.2, -0.15) is 0 Å². The minimum Gasteiger partial charge on any atom is -0.497 e. The van der Waals surface area contributed by atoms with Crippen molar-refractivity contribution in [3.05, 3.63) is 59.2 Å². The number of amides is 1. The second-order valence-corrected chi connectivity index (χ2v) is 6.80. The number of halogens is 1. The average molecular weight is 540 g/mol. The van der Waals surface area contributed by atoms with E-state index in [4.69, 9.17) is 14.5 Å². The Morgan fingerprint density at radius 1 is 1.13 bits per heavy atom. The summed E-state index contributed by atoms with van der Waals surface area (Å²) in [5.41, 5.74) is 2.79. The molecular weight excluding hydrogens is 507 g/mol. The SMILES string of the molecule is CCNC(=NCCc1cccc(C(=O)NC)c1)N(C)Cc1ccc(OC)cc1OC.I. The molecule has 0 spiro atoms. The molecule has 0 atom stereocenters. The Balaban J connectivity index is 0.00000480. The zero-order valence-electron chi connectivity index (χ0n) is 18.9. The highest BCUT2D eigenvalue weighted by Crippen LogP contribution is 2.25. The first kappa shape index (κ1) is 26.5. The number of nitrogens with zero attached hydrogens (tertiary/aromatic N) is 2. The van der Waals surface area contributed by atoms with E-state index in [-0.39, 0.29) is 29.9 Å². The monoisotopic (exact) mass is 540 g/mol. The van der Waals surface area contributed by atoms with Gasteiger partial charge >= 0.3 is 0 Å². The molecule has 31 heavy (non-hydrogen) atoms. The van der Waals surface area contributed by atoms with Gasteiger partial charge in [-0.3, -0.25) is 9.79 Å². The number of guanidine groups is 1. The Morgan fingerprint density at radius 3 is 2.55 bits per heavy atom. The van der Waals surface area contributed by atoms with Crippen LogP contribution in [-0.2, 0) is 13.0 Å². The number of rotatable bonds is 9. The summed E-state index contributed by atoms with van der Waals surface area (Å²) in [4.78, 5) is 18.6. The first-order valence-electron chi connectivity index (χ1n) is 10.0. The van der Waals surface area contributed by atoms with E-state index in [1.165, 1.54) is 0 Å². The largest absolute Gasteiger partial charge is 0.497 e. The van der Waals surface area contributed by atoms with E-state index in [0.29, 0.717) is 18.7 Å². The molecule has 170 valence electrons. The van der Waals surface area contributed by atoms with Crippen LogP contribution in [0.15, 0.2) is 47.5 Å². The summed E-state index contributed by atoms with van der Waals surface area (Å²) in [6.07, 6.45) is 0.749. The summed E-state index contributed by atoms with van der Waals surface area (Å²) < 4.78 is 10.8. The third-order valence-corrected chi connectivity index (χ3v) is 4.68. The van der Waals surface area contributed by atoms with Crippen LogP contribution in [0, 0.1) is 0 Å². The summed E-state index contributed by atoms with van der Waals surface area (Å²) >= 11 is 0. The molecule has 0 saturated carbocycles. The number of nitrogens with one attached hydrogen (secondary N) is 2. The topological polar surface area (TPSA) is 75.2 Å². The van der Waals surface area contributed by atoms with Gasteiger partial charge in [0.05, 0.1) is 14.2 Å². The lowest BCUT2D eigenvalue weighted by Gasteiger charge is -2.23. The molecule has 2 aromatic rings. The van der Waals surface area contributed by atoms with Crippen LogP contribution < -0.4 is 20.1 Å². The van der Waals surface area contributed by atoms with E-state index in [0.717, 1.165) is 41.6 Å². The molecule has 0 aliphatic heterocycles. The molecule has 0 fully saturated rings. The second-order valence-electron chi connectivity index (χ2n) is 6.80. The van der Waals surface area contributed by atoms with Crippen molar-refractivity contribution in [3.8, 4) is 11.5 Å². The van der Waals surface area contributed by atoms with Gasteiger partial charge in [-0.15, -0.1) is 24.0 Å². The van der Waals surface area contributed by atoms with Crippen molar-refractivity contribution >= 4 is 35.8 Å². The standard InChI is InChI=1S/C23H32N4O3.HI/c1-6-25-23(26-13-12-17-8-7-9-18(14-17)22(28)24-2)27(3)16-19-10-11-20(29-4)15-21(19)30-5;/h7-11,14-15H,6,12-13,16H2,1-5H3,(H,24,28)(H,25,26);1H. The molecule has 2 aromatic carbocycles. The molecule has 8 heteroatoms. The maximum absolute atomic E-state index is 11.8. The summed E-state index contributed by atoms with van der Waals surface area (Å²) in [7, 11) is 6.93. The van der Waals surface area contributed by atoms with E-state index >= 15 is 0 Å². The predicted octanol–water partition coefficient (Wildman–Crippen LogP) is 3.32. The zero-order chi connectivity index (χ0) is 21.9. The van der Waals surface area contributed by atoms with Crippen molar-refractivity contribution in [1.29, 1.82) is 0 Å². The lowest BCUT2D eigenvalue weighted by atomic mass is 10.1. The quantitative estimate of drug-likeness (QED) is 0.290. The average Bonchev–Trinajstić information content (AvgIpc) is 2.78. The molecule has 0 heterocycles. The van der Waals surface area contributed by atoms with E-state index in [1.54, 1.807) is 21.3 Å². The van der Waals surface area contributed by atoms with Crippen molar-refractivity contribution in [2.24, 2.45) is 4.99 Å². The molecule has 1 amide bonds. The Bertz CT molecular complexity index is 874. The maximum atomic E-state index is 11.8. The number of methoxy groups -OCH3 is 2. The number of carbonyl (C=O) groups is 1. The van der Waals surface area contributed by atoms with Crippen LogP contribution in [0.5, 0.6) is 11.5 Å². The fourth-order valence-electron chi connectivity index (χ4n) is 3.09. The van der Waals surface area contributed by atoms with Crippen LogP contribution in [0.1, 0.15) is 28.4 Å². The third kappa shape index (κ3) is 7.93. The van der Waals surface area contributed by atoms with Gasteiger partial charge in [0.25, 0.3) is 5.91 Å². The Kier molecular flexibility index (Phi) is 11.8. The van der Waals surface area contributed by atoms with Gasteiger partial charge in [-0.25, -0.2) is 0 Å². The summed E-state index contributed by atoms with van der Waals surface area (Å²) in [6, 6.07) is 13.4. The summed E-state index contributed by atoms with van der Waals surface area (Å²) in [5.74, 6) is 2.28. The fraction of sp³-hybridized carbons (Fsp3) is 0.391. The molecule has 2 rings (SSSR count). The van der Waals surface area contributed by atoms with Gasteiger partial charge in [-0.05, 0) is 43.2 Å². The van der Waals surface area contributed by atoms with Crippen molar-refractivity contribution in [3.63, 3.8) is 0 Å². The van der Waals surface area contributed by atoms with Crippen LogP contribution in [-0.4, -0.2) is 58.2 Å². The second kappa shape index (κ2) is 13.7. The number of carbonyl (C=O) groups excluding carboxylic acids is 1. The Morgan fingerprint density at radius 2 is 1.90 bits per heavy atom. The number of aliphatic imine (C=N–C) groups is 1. The normalized spacial score (nSPS) is 10.7. The van der Waals surface area contributed by atoms with Crippen molar-refractivity contribution in [1.82, 2.24) is 15.5 Å². The predicted molar refractivity (Wildman–Crippen MR) is 136 cm³/mol. The summed E-state index contributed by atoms with van der Waals surface area (Å²) in [6.45, 7) is 4.08. The third-order valence-electron chi connectivity index (χ3n) is 4.68. The Hall–Kier alpha value is -2.49. The van der Waals surface area contributed by atoms with Crippen LogP contribution in [0.25, 0.3) is 0 Å². The minimum absolute atomic E-state index is 0. The number of hydrogen-bond acceptors (Lipinski definition) is 4. The number of hydrogen-bond donors (Lipinski definition) is 2. The van der Waals surface area contributed by atoms with Gasteiger partial charge in [0.2, 0.25) is 0 Å². The molecule has 0 radical (unpaired) electrons. The highest BCUT2D eigenvalue weighted by Gasteiger charge is 2.11. The molecule has 0 aromatic heterocycles. The fourth-order valence-corrected chi connectivity index (χ4v) is 3.09. The van der Waals surface area contributed by atoms with Gasteiger partial charge in [0.1, 0.15) is 11.5 Å². The van der Waals surface area contributed by atoms with Crippen LogP contribution in [0.4, 0.5) is 0 Å². The first-order chi connectivity index (χ1) is 14.5. The highest BCUT2D eigenvalue weighted by molar-refractivity contribution is 14.0.